The molecule has 1 fully saturated rings. The van der Waals surface area contributed by atoms with E-state index in [1.165, 1.54) is 6.92 Å². The van der Waals surface area contributed by atoms with Gasteiger partial charge in [0.25, 0.3) is 0 Å². The lowest BCUT2D eigenvalue weighted by Gasteiger charge is -2.32. The van der Waals surface area contributed by atoms with Crippen LogP contribution in [0.2, 0.25) is 0 Å². The zero-order valence-corrected chi connectivity index (χ0v) is 15.5. The lowest BCUT2D eigenvalue weighted by molar-refractivity contribution is -0.136. The van der Waals surface area contributed by atoms with E-state index in [2.05, 4.69) is 16.9 Å². The summed E-state index contributed by atoms with van der Waals surface area (Å²) in [7, 11) is 1.84. The largest absolute Gasteiger partial charge is 0.492 e. The van der Waals surface area contributed by atoms with Gasteiger partial charge in [-0.15, -0.1) is 0 Å². The molecule has 1 aromatic heterocycles. The van der Waals surface area contributed by atoms with Crippen molar-refractivity contribution in [2.75, 3.05) is 26.7 Å². The molecule has 26 heavy (non-hydrogen) atoms. The predicted octanol–water partition coefficient (Wildman–Crippen LogP) is 2.42. The molecule has 0 unspecified atom stereocenters. The van der Waals surface area contributed by atoms with E-state index >= 15 is 0 Å². The Hall–Kier alpha value is -2.63. The van der Waals surface area contributed by atoms with Gasteiger partial charge in [0, 0.05) is 26.1 Å². The molecule has 6 nitrogen and oxygen atoms in total. The van der Waals surface area contributed by atoms with Crippen LogP contribution in [0, 0.1) is 5.92 Å². The first-order valence-electron chi connectivity index (χ1n) is 8.90. The van der Waals surface area contributed by atoms with Crippen LogP contribution in [0.5, 0.6) is 5.75 Å². The van der Waals surface area contributed by atoms with Gasteiger partial charge in [-0.25, -0.2) is 0 Å². The van der Waals surface area contributed by atoms with Crippen molar-refractivity contribution in [2.45, 2.75) is 26.2 Å². The fraction of sp³-hybridized carbons (Fsp3) is 0.450. The number of carbonyl (C=O) groups is 2. The molecule has 1 N–H and O–H groups in total. The Morgan fingerprint density at radius 2 is 2.27 bits per heavy atom. The van der Waals surface area contributed by atoms with Crippen molar-refractivity contribution in [2.24, 2.45) is 5.92 Å². The molecule has 1 saturated heterocycles. The van der Waals surface area contributed by atoms with Crippen molar-refractivity contribution < 1.29 is 14.3 Å². The Balaban J connectivity index is 1.88. The fourth-order valence-corrected chi connectivity index (χ4v) is 3.01. The summed E-state index contributed by atoms with van der Waals surface area (Å²) in [5.74, 6) is 0.802. The molecule has 1 aromatic rings. The maximum Gasteiger partial charge on any atom is 0.230 e. The van der Waals surface area contributed by atoms with Gasteiger partial charge in [-0.1, -0.05) is 12.7 Å². The van der Waals surface area contributed by atoms with Crippen molar-refractivity contribution in [3.63, 3.8) is 0 Å². The van der Waals surface area contributed by atoms with E-state index in [1.54, 1.807) is 17.2 Å². The molecule has 0 bridgehead atoms. The maximum atomic E-state index is 12.0. The third kappa shape index (κ3) is 5.72. The highest BCUT2D eigenvalue weighted by molar-refractivity contribution is 5.96. The number of nitrogens with zero attached hydrogens (tertiary/aromatic N) is 2. The molecule has 1 aliphatic heterocycles. The summed E-state index contributed by atoms with van der Waals surface area (Å²) in [5.41, 5.74) is 1.71. The van der Waals surface area contributed by atoms with E-state index < -0.39 is 0 Å². The number of nitrogens with one attached hydrogen (secondary N) is 1. The molecule has 0 radical (unpaired) electrons. The Labute approximate surface area is 154 Å². The minimum Gasteiger partial charge on any atom is -0.492 e. The predicted molar refractivity (Wildman–Crippen MR) is 102 cm³/mol. The summed E-state index contributed by atoms with van der Waals surface area (Å²) in [6, 6.07) is 3.78. The number of allylic oxidation sites excluding steroid dienone is 2. The summed E-state index contributed by atoms with van der Waals surface area (Å²) in [4.78, 5) is 29.4. The average molecular weight is 357 g/mol. The van der Waals surface area contributed by atoms with Gasteiger partial charge in [0.05, 0.1) is 30.6 Å². The summed E-state index contributed by atoms with van der Waals surface area (Å²) < 4.78 is 5.86. The molecular formula is C20H27N3O3. The van der Waals surface area contributed by atoms with Crippen LogP contribution in [0.3, 0.4) is 0 Å². The molecule has 140 valence electrons. The van der Waals surface area contributed by atoms with Gasteiger partial charge >= 0.3 is 0 Å². The molecule has 6 heteroatoms. The molecular weight excluding hydrogens is 330 g/mol. The third-order valence-corrected chi connectivity index (χ3v) is 4.32. The number of ketones is 1. The van der Waals surface area contributed by atoms with Crippen LogP contribution < -0.4 is 10.1 Å². The van der Waals surface area contributed by atoms with Gasteiger partial charge in [0.1, 0.15) is 11.5 Å². The number of hydrogen-bond acceptors (Lipinski definition) is 5. The Bertz CT molecular complexity index is 667. The number of rotatable bonds is 8. The number of ether oxygens (including phenoxy) is 1. The van der Waals surface area contributed by atoms with Gasteiger partial charge in [0.2, 0.25) is 5.91 Å². The number of aromatic nitrogens is 1. The van der Waals surface area contributed by atoms with Gasteiger partial charge in [-0.2, -0.15) is 0 Å². The molecule has 1 atom stereocenters. The van der Waals surface area contributed by atoms with Crippen LogP contribution in [-0.4, -0.2) is 48.3 Å². The van der Waals surface area contributed by atoms with E-state index in [1.807, 2.05) is 25.3 Å². The number of amides is 1. The second-order valence-corrected chi connectivity index (χ2v) is 6.48. The molecule has 2 rings (SSSR count). The van der Waals surface area contributed by atoms with E-state index in [0.717, 1.165) is 30.8 Å². The fourth-order valence-electron chi connectivity index (χ4n) is 3.01. The summed E-state index contributed by atoms with van der Waals surface area (Å²) >= 11 is 0. The Kier molecular flexibility index (Phi) is 7.38. The van der Waals surface area contributed by atoms with Crippen LogP contribution in [0.25, 0.3) is 5.70 Å². The number of Topliss-reactive ketones (excluding diaryl/α,β-unsaturated/α-hetero) is 1. The van der Waals surface area contributed by atoms with Gasteiger partial charge in [-0.05, 0) is 38.0 Å². The maximum absolute atomic E-state index is 12.0. The van der Waals surface area contributed by atoms with Crippen LogP contribution in [-0.2, 0) is 9.59 Å². The number of pyridine rings is 1. The first-order valence-corrected chi connectivity index (χ1v) is 8.90. The number of piperidine rings is 1. The van der Waals surface area contributed by atoms with E-state index in [0.29, 0.717) is 18.9 Å². The Morgan fingerprint density at radius 3 is 2.88 bits per heavy atom. The monoisotopic (exact) mass is 357 g/mol. The number of carbonyl (C=O) groups excluding carboxylic acids is 2. The van der Waals surface area contributed by atoms with Crippen molar-refractivity contribution in [1.82, 2.24) is 15.2 Å². The van der Waals surface area contributed by atoms with Gasteiger partial charge in [-0.3, -0.25) is 14.6 Å². The molecule has 0 aromatic carbocycles. The molecule has 1 amide bonds. The third-order valence-electron chi connectivity index (χ3n) is 4.32. The van der Waals surface area contributed by atoms with Crippen LogP contribution in [0.4, 0.5) is 0 Å². The Morgan fingerprint density at radius 1 is 1.46 bits per heavy atom. The standard InChI is InChI=1S/C20H27N3O3/c1-4-6-18(21-3)19-9-8-17(12-22-19)26-14-16-7-5-10-23(13-16)20(25)11-15(2)24/h4,6,8-9,12,16,21H,1,5,7,10-11,13-14H2,2-3H3/b18-6-/t16-/m1/s1. The summed E-state index contributed by atoms with van der Waals surface area (Å²) in [6.07, 6.45) is 7.21. The molecule has 1 aliphatic rings. The highest BCUT2D eigenvalue weighted by Crippen LogP contribution is 2.20. The van der Waals surface area contributed by atoms with Crippen LogP contribution in [0.15, 0.2) is 37.1 Å². The van der Waals surface area contributed by atoms with Crippen LogP contribution in [0.1, 0.15) is 31.9 Å². The highest BCUT2D eigenvalue weighted by Gasteiger charge is 2.24. The lowest BCUT2D eigenvalue weighted by Crippen LogP contribution is -2.42. The minimum atomic E-state index is -0.0917. The van der Waals surface area contributed by atoms with E-state index in [-0.39, 0.29) is 24.0 Å². The smallest absolute Gasteiger partial charge is 0.230 e. The quantitative estimate of drug-likeness (QED) is 0.571. The average Bonchev–Trinajstić information content (AvgIpc) is 2.64. The molecule has 2 heterocycles. The SMILES string of the molecule is C=C/C=C(\NC)c1ccc(OC[C@@H]2CCCN(C(=O)CC(C)=O)C2)cn1. The summed E-state index contributed by atoms with van der Waals surface area (Å²) in [5, 5.41) is 3.08. The first-order chi connectivity index (χ1) is 12.5. The van der Waals surface area contributed by atoms with Crippen LogP contribution >= 0.6 is 0 Å². The molecule has 0 spiro atoms. The van der Waals surface area contributed by atoms with Gasteiger partial charge < -0.3 is 15.0 Å². The van der Waals surface area contributed by atoms with Gasteiger partial charge in [0.15, 0.2) is 0 Å². The highest BCUT2D eigenvalue weighted by atomic mass is 16.5. The zero-order valence-electron chi connectivity index (χ0n) is 15.5. The summed E-state index contributed by atoms with van der Waals surface area (Å²) in [6.45, 7) is 7.04. The second kappa shape index (κ2) is 9.75. The number of likely N-dealkylation sites (tertiary alicyclic amines) is 1. The minimum absolute atomic E-state index is 0.00895. The topological polar surface area (TPSA) is 71.5 Å². The second-order valence-electron chi connectivity index (χ2n) is 6.48. The van der Waals surface area contributed by atoms with E-state index in [4.69, 9.17) is 4.74 Å². The molecule has 0 aliphatic carbocycles. The molecule has 0 saturated carbocycles. The number of hydrogen-bond donors (Lipinski definition) is 1. The van der Waals surface area contributed by atoms with Crippen molar-refractivity contribution in [3.8, 4) is 5.75 Å². The lowest BCUT2D eigenvalue weighted by atomic mass is 9.98. The zero-order chi connectivity index (χ0) is 18.9. The van der Waals surface area contributed by atoms with Crippen molar-refractivity contribution in [3.05, 3.63) is 42.8 Å². The van der Waals surface area contributed by atoms with Crippen molar-refractivity contribution in [1.29, 1.82) is 0 Å². The first kappa shape index (κ1) is 19.7. The van der Waals surface area contributed by atoms with E-state index in [9.17, 15) is 9.59 Å². The normalized spacial score (nSPS) is 17.5. The van der Waals surface area contributed by atoms with Crippen molar-refractivity contribution >= 4 is 17.4 Å².